The number of nitrogens with zero attached hydrogens (tertiary/aromatic N) is 2. The minimum Gasteiger partial charge on any atom is -0.497 e. The second-order valence-corrected chi connectivity index (χ2v) is 13.0. The summed E-state index contributed by atoms with van der Waals surface area (Å²) in [7, 11) is -2.74. The predicted molar refractivity (Wildman–Crippen MR) is 178 cm³/mol. The van der Waals surface area contributed by atoms with Crippen molar-refractivity contribution in [3.63, 3.8) is 0 Å². The smallest absolute Gasteiger partial charge is 0.264 e. The molecule has 0 spiro atoms. The number of anilines is 1. The van der Waals surface area contributed by atoms with Crippen LogP contribution in [0.25, 0.3) is 0 Å². The molecule has 4 aromatic rings. The molecule has 8 nitrogen and oxygen atoms in total. The van der Waals surface area contributed by atoms with E-state index in [9.17, 15) is 18.0 Å². The van der Waals surface area contributed by atoms with Crippen molar-refractivity contribution in [2.24, 2.45) is 0 Å². The Balaban J connectivity index is 1.78. The van der Waals surface area contributed by atoms with E-state index in [4.69, 9.17) is 16.3 Å². The molecule has 4 aromatic carbocycles. The molecule has 0 saturated heterocycles. The molecule has 1 atom stereocenters. The Morgan fingerprint density at radius 1 is 0.867 bits per heavy atom. The number of carbonyl (C=O) groups excluding carboxylic acids is 2. The number of methoxy groups -OCH3 is 1. The third-order valence-electron chi connectivity index (χ3n) is 7.33. The molecule has 0 aromatic heterocycles. The van der Waals surface area contributed by atoms with Crippen LogP contribution in [0, 0.1) is 6.92 Å². The van der Waals surface area contributed by atoms with Crippen LogP contribution in [0.3, 0.4) is 0 Å². The van der Waals surface area contributed by atoms with Crippen molar-refractivity contribution in [2.45, 2.75) is 44.2 Å². The lowest BCUT2D eigenvalue weighted by Crippen LogP contribution is -2.53. The van der Waals surface area contributed by atoms with Gasteiger partial charge in [-0.3, -0.25) is 13.9 Å². The Morgan fingerprint density at radius 3 is 2.11 bits per heavy atom. The van der Waals surface area contributed by atoms with Crippen LogP contribution in [0.1, 0.15) is 30.0 Å². The van der Waals surface area contributed by atoms with Gasteiger partial charge in [-0.25, -0.2) is 8.42 Å². The first-order valence-corrected chi connectivity index (χ1v) is 16.5. The van der Waals surface area contributed by atoms with Crippen molar-refractivity contribution in [2.75, 3.05) is 24.5 Å². The molecule has 0 heterocycles. The molecular weight excluding hydrogens is 610 g/mol. The average molecular weight is 648 g/mol. The van der Waals surface area contributed by atoms with Crippen LogP contribution < -0.4 is 14.4 Å². The summed E-state index contributed by atoms with van der Waals surface area (Å²) in [4.78, 5) is 29.6. The van der Waals surface area contributed by atoms with Crippen molar-refractivity contribution < 1.29 is 22.7 Å². The SMILES string of the molecule is CCCNC(=O)C(Cc1ccccc1)N(Cc1ccc(C)cc1)C(=O)CN(c1ccc(Cl)cc1)S(=O)(=O)c1ccc(OC)cc1. The van der Waals surface area contributed by atoms with Gasteiger partial charge in [0.25, 0.3) is 10.0 Å². The van der Waals surface area contributed by atoms with Crippen LogP contribution in [0.5, 0.6) is 5.75 Å². The Bertz CT molecular complexity index is 1660. The maximum Gasteiger partial charge on any atom is 0.264 e. The lowest BCUT2D eigenvalue weighted by atomic mass is 10.0. The third kappa shape index (κ3) is 8.86. The molecule has 0 radical (unpaired) electrons. The summed E-state index contributed by atoms with van der Waals surface area (Å²) < 4.78 is 34.5. The maximum absolute atomic E-state index is 14.4. The fourth-order valence-corrected chi connectivity index (χ4v) is 6.36. The number of halogens is 1. The van der Waals surface area contributed by atoms with E-state index in [1.54, 1.807) is 36.4 Å². The third-order valence-corrected chi connectivity index (χ3v) is 9.37. The number of hydrogen-bond acceptors (Lipinski definition) is 5. The van der Waals surface area contributed by atoms with Gasteiger partial charge in [0.2, 0.25) is 11.8 Å². The molecule has 0 aliphatic carbocycles. The Labute approximate surface area is 270 Å². The summed E-state index contributed by atoms with van der Waals surface area (Å²) in [5.41, 5.74) is 2.99. The summed E-state index contributed by atoms with van der Waals surface area (Å²) in [5.74, 6) is -0.346. The van der Waals surface area contributed by atoms with Gasteiger partial charge in [-0.2, -0.15) is 0 Å². The van der Waals surface area contributed by atoms with Crippen molar-refractivity contribution in [1.82, 2.24) is 10.2 Å². The zero-order chi connectivity index (χ0) is 32.4. The number of ether oxygens (including phenoxy) is 1. The van der Waals surface area contributed by atoms with E-state index in [2.05, 4.69) is 5.32 Å². The molecule has 0 fully saturated rings. The van der Waals surface area contributed by atoms with Crippen LogP contribution in [0.2, 0.25) is 5.02 Å². The fourth-order valence-electron chi connectivity index (χ4n) is 4.82. The first-order chi connectivity index (χ1) is 21.6. The first kappa shape index (κ1) is 33.6. The van der Waals surface area contributed by atoms with Gasteiger partial charge in [0, 0.05) is 24.5 Å². The van der Waals surface area contributed by atoms with Crippen LogP contribution in [-0.2, 0) is 32.6 Å². The monoisotopic (exact) mass is 647 g/mol. The quantitative estimate of drug-likeness (QED) is 0.181. The van der Waals surface area contributed by atoms with Gasteiger partial charge in [0.1, 0.15) is 18.3 Å². The average Bonchev–Trinajstić information content (AvgIpc) is 3.05. The van der Waals surface area contributed by atoms with Crippen molar-refractivity contribution >= 4 is 39.1 Å². The van der Waals surface area contributed by atoms with E-state index in [0.29, 0.717) is 17.3 Å². The Hall–Kier alpha value is -4.34. The number of sulfonamides is 1. The van der Waals surface area contributed by atoms with Crippen molar-refractivity contribution in [1.29, 1.82) is 0 Å². The number of amides is 2. The summed E-state index contributed by atoms with van der Waals surface area (Å²) in [6.45, 7) is 3.92. The highest BCUT2D eigenvalue weighted by molar-refractivity contribution is 7.92. The Morgan fingerprint density at radius 2 is 1.51 bits per heavy atom. The van der Waals surface area contributed by atoms with Gasteiger partial charge >= 0.3 is 0 Å². The summed E-state index contributed by atoms with van der Waals surface area (Å²) >= 11 is 6.13. The number of rotatable bonds is 14. The van der Waals surface area contributed by atoms with Crippen LogP contribution in [0.4, 0.5) is 5.69 Å². The number of hydrogen-bond donors (Lipinski definition) is 1. The number of aryl methyl sites for hydroxylation is 1. The largest absolute Gasteiger partial charge is 0.497 e. The van der Waals surface area contributed by atoms with E-state index in [0.717, 1.165) is 27.4 Å². The van der Waals surface area contributed by atoms with Crippen LogP contribution in [-0.4, -0.2) is 51.4 Å². The molecule has 1 unspecified atom stereocenters. The molecule has 0 aliphatic rings. The van der Waals surface area contributed by atoms with Gasteiger partial charge in [0.15, 0.2) is 0 Å². The standard InChI is InChI=1S/C35H38ClN3O5S/c1-4-22-37-35(41)33(23-27-8-6-5-7-9-27)38(24-28-12-10-26(2)11-13-28)34(40)25-39(30-16-14-29(36)15-17-30)45(42,43)32-20-18-31(44-3)19-21-32/h5-21,33H,4,22-25H2,1-3H3,(H,37,41). The normalized spacial score (nSPS) is 11.8. The molecule has 10 heteroatoms. The topological polar surface area (TPSA) is 96.0 Å². The second kappa shape index (κ2) is 15.6. The van der Waals surface area contributed by atoms with Gasteiger partial charge in [-0.05, 0) is 73.0 Å². The van der Waals surface area contributed by atoms with Gasteiger partial charge < -0.3 is 15.0 Å². The molecule has 0 bridgehead atoms. The molecule has 45 heavy (non-hydrogen) atoms. The van der Waals surface area contributed by atoms with Crippen LogP contribution >= 0.6 is 11.6 Å². The second-order valence-electron chi connectivity index (χ2n) is 10.7. The van der Waals surface area contributed by atoms with Crippen LogP contribution in [0.15, 0.2) is 108 Å². The van der Waals surface area contributed by atoms with E-state index in [1.165, 1.54) is 24.1 Å². The van der Waals surface area contributed by atoms with E-state index in [1.807, 2.05) is 68.4 Å². The first-order valence-electron chi connectivity index (χ1n) is 14.7. The van der Waals surface area contributed by atoms with E-state index < -0.39 is 28.5 Å². The lowest BCUT2D eigenvalue weighted by Gasteiger charge is -2.34. The summed E-state index contributed by atoms with van der Waals surface area (Å²) in [6, 6.07) is 28.5. The molecule has 0 saturated carbocycles. The van der Waals surface area contributed by atoms with Crippen molar-refractivity contribution in [3.8, 4) is 5.75 Å². The van der Waals surface area contributed by atoms with E-state index >= 15 is 0 Å². The van der Waals surface area contributed by atoms with E-state index in [-0.39, 0.29) is 29.5 Å². The maximum atomic E-state index is 14.4. The minimum atomic E-state index is -4.23. The zero-order valence-electron chi connectivity index (χ0n) is 25.6. The molecule has 0 aliphatic heterocycles. The van der Waals surface area contributed by atoms with Gasteiger partial charge in [0.05, 0.1) is 17.7 Å². The molecule has 1 N–H and O–H groups in total. The summed E-state index contributed by atoms with van der Waals surface area (Å²) in [5, 5.41) is 3.37. The molecule has 236 valence electrons. The molecule has 4 rings (SSSR count). The fraction of sp³-hybridized carbons (Fsp3) is 0.257. The minimum absolute atomic E-state index is 0.0161. The number of carbonyl (C=O) groups is 2. The zero-order valence-corrected chi connectivity index (χ0v) is 27.2. The highest BCUT2D eigenvalue weighted by Gasteiger charge is 2.34. The lowest BCUT2D eigenvalue weighted by molar-refractivity contribution is -0.140. The molecule has 2 amide bonds. The van der Waals surface area contributed by atoms with Crippen molar-refractivity contribution in [3.05, 3.63) is 125 Å². The Kier molecular flexibility index (Phi) is 11.6. The van der Waals surface area contributed by atoms with Gasteiger partial charge in [-0.15, -0.1) is 0 Å². The summed E-state index contributed by atoms with van der Waals surface area (Å²) in [6.07, 6.45) is 0.973. The highest BCUT2D eigenvalue weighted by Crippen LogP contribution is 2.27. The molecular formula is C35H38ClN3O5S. The predicted octanol–water partition coefficient (Wildman–Crippen LogP) is 6.02. The highest BCUT2D eigenvalue weighted by atomic mass is 35.5. The number of nitrogens with one attached hydrogen (secondary N) is 1. The van der Waals surface area contributed by atoms with Gasteiger partial charge in [-0.1, -0.05) is 78.7 Å². The number of benzene rings is 4.